The minimum absolute atomic E-state index is 0.0310. The van der Waals surface area contributed by atoms with Crippen LogP contribution in [-0.4, -0.2) is 14.6 Å². The van der Waals surface area contributed by atoms with E-state index < -0.39 is 11.1 Å². The van der Waals surface area contributed by atoms with Crippen LogP contribution in [-0.2, 0) is 11.1 Å². The fourth-order valence-corrected chi connectivity index (χ4v) is 1.86. The highest BCUT2D eigenvalue weighted by Gasteiger charge is 2.03. The molecule has 0 heterocycles. The Morgan fingerprint density at radius 3 is 2.42 bits per heavy atom. The summed E-state index contributed by atoms with van der Waals surface area (Å²) in [7, 11) is 0. The zero-order chi connectivity index (χ0) is 13.8. The molecule has 2 aromatic carbocycles. The number of ether oxygens (including phenoxy) is 1. The van der Waals surface area contributed by atoms with Gasteiger partial charge in [0.25, 0.3) is 0 Å². The molecule has 0 radical (unpaired) electrons. The van der Waals surface area contributed by atoms with E-state index in [9.17, 15) is 4.21 Å². The van der Waals surface area contributed by atoms with Gasteiger partial charge in [0.15, 0.2) is 11.1 Å². The number of nitrogens with two attached hydrogens (primary N) is 1. The van der Waals surface area contributed by atoms with Crippen LogP contribution in [0.15, 0.2) is 53.4 Å². The van der Waals surface area contributed by atoms with E-state index in [4.69, 9.17) is 20.4 Å². The number of amidine groups is 1. The third-order valence-corrected chi connectivity index (χ3v) is 3.08. The molecular weight excluding hydrogens is 264 g/mol. The fourth-order valence-electron chi connectivity index (χ4n) is 1.49. The van der Waals surface area contributed by atoms with E-state index in [2.05, 4.69) is 0 Å². The van der Waals surface area contributed by atoms with Crippen molar-refractivity contribution in [1.29, 1.82) is 5.41 Å². The van der Waals surface area contributed by atoms with Gasteiger partial charge in [0.05, 0.1) is 4.90 Å². The monoisotopic (exact) mass is 276 g/mol. The van der Waals surface area contributed by atoms with E-state index in [1.807, 2.05) is 0 Å². The minimum atomic E-state index is -1.99. The average Bonchev–Trinajstić information content (AvgIpc) is 2.39. The first kappa shape index (κ1) is 13.3. The molecule has 0 amide bonds. The van der Waals surface area contributed by atoms with Crippen molar-refractivity contribution in [2.75, 3.05) is 0 Å². The van der Waals surface area contributed by atoms with Crippen LogP contribution < -0.4 is 10.5 Å². The molecule has 2 rings (SSSR count). The molecule has 1 unspecified atom stereocenters. The molecule has 0 aliphatic rings. The van der Waals surface area contributed by atoms with Gasteiger partial charge in [0.2, 0.25) is 0 Å². The Morgan fingerprint density at radius 1 is 1.16 bits per heavy atom. The maximum Gasteiger partial charge on any atom is 0.186 e. The molecule has 19 heavy (non-hydrogen) atoms. The third-order valence-electron chi connectivity index (χ3n) is 2.41. The lowest BCUT2D eigenvalue weighted by molar-refractivity contribution is 0.482. The molecule has 1 atom stereocenters. The van der Waals surface area contributed by atoms with Gasteiger partial charge < -0.3 is 15.0 Å². The summed E-state index contributed by atoms with van der Waals surface area (Å²) in [6.45, 7) is 0. The molecule has 0 aliphatic heterocycles. The SMILES string of the molecule is N=C(N)c1cccc(Oc2ccc(S(=O)O)cc2)c1. The van der Waals surface area contributed by atoms with Crippen molar-refractivity contribution in [2.45, 2.75) is 4.90 Å². The topological polar surface area (TPSA) is 96.4 Å². The maximum atomic E-state index is 10.8. The molecule has 0 spiro atoms. The number of hydrogen-bond acceptors (Lipinski definition) is 3. The van der Waals surface area contributed by atoms with Crippen molar-refractivity contribution >= 4 is 16.9 Å². The molecule has 0 saturated heterocycles. The normalized spacial score (nSPS) is 11.8. The predicted octanol–water partition coefficient (Wildman–Crippen LogP) is 2.34. The molecule has 0 bridgehead atoms. The van der Waals surface area contributed by atoms with E-state index in [1.165, 1.54) is 12.1 Å². The Kier molecular flexibility index (Phi) is 3.94. The van der Waals surface area contributed by atoms with E-state index in [0.29, 0.717) is 22.0 Å². The van der Waals surface area contributed by atoms with Crippen LogP contribution in [0.5, 0.6) is 11.5 Å². The molecular formula is C13H12N2O3S. The summed E-state index contributed by atoms with van der Waals surface area (Å²) < 4.78 is 25.3. The van der Waals surface area contributed by atoms with E-state index in [-0.39, 0.29) is 5.84 Å². The van der Waals surface area contributed by atoms with Gasteiger partial charge >= 0.3 is 0 Å². The highest BCUT2D eigenvalue weighted by Crippen LogP contribution is 2.23. The first-order chi connectivity index (χ1) is 9.06. The second-order valence-corrected chi connectivity index (χ2v) is 4.73. The first-order valence-corrected chi connectivity index (χ1v) is 6.50. The van der Waals surface area contributed by atoms with Crippen molar-refractivity contribution in [3.05, 3.63) is 54.1 Å². The van der Waals surface area contributed by atoms with Gasteiger partial charge in [-0.25, -0.2) is 4.21 Å². The Balaban J connectivity index is 2.19. The van der Waals surface area contributed by atoms with Gasteiger partial charge in [-0.1, -0.05) is 12.1 Å². The molecule has 0 fully saturated rings. The lowest BCUT2D eigenvalue weighted by Gasteiger charge is -2.07. The zero-order valence-electron chi connectivity index (χ0n) is 9.87. The van der Waals surface area contributed by atoms with Crippen molar-refractivity contribution in [2.24, 2.45) is 5.73 Å². The lowest BCUT2D eigenvalue weighted by atomic mass is 10.2. The summed E-state index contributed by atoms with van der Waals surface area (Å²) in [5.74, 6) is 1.05. The number of nitrogens with one attached hydrogen (secondary N) is 1. The summed E-state index contributed by atoms with van der Waals surface area (Å²) in [6.07, 6.45) is 0. The number of hydrogen-bond donors (Lipinski definition) is 3. The highest BCUT2D eigenvalue weighted by atomic mass is 32.2. The van der Waals surface area contributed by atoms with Crippen LogP contribution in [0, 0.1) is 5.41 Å². The summed E-state index contributed by atoms with van der Waals surface area (Å²) in [6, 6.07) is 13.1. The predicted molar refractivity (Wildman–Crippen MR) is 73.0 cm³/mol. The van der Waals surface area contributed by atoms with E-state index in [1.54, 1.807) is 36.4 Å². The summed E-state index contributed by atoms with van der Waals surface area (Å²) in [5, 5.41) is 7.35. The molecule has 6 heteroatoms. The quantitative estimate of drug-likeness (QED) is 0.453. The zero-order valence-corrected chi connectivity index (χ0v) is 10.7. The molecule has 4 N–H and O–H groups in total. The van der Waals surface area contributed by atoms with Gasteiger partial charge in [-0.3, -0.25) is 5.41 Å². The Bertz CT molecular complexity index is 626. The van der Waals surface area contributed by atoms with Crippen molar-refractivity contribution < 1.29 is 13.5 Å². The average molecular weight is 276 g/mol. The van der Waals surface area contributed by atoms with Crippen LogP contribution in [0.4, 0.5) is 0 Å². The molecule has 2 aromatic rings. The molecule has 5 nitrogen and oxygen atoms in total. The van der Waals surface area contributed by atoms with E-state index in [0.717, 1.165) is 0 Å². The summed E-state index contributed by atoms with van der Waals surface area (Å²) in [4.78, 5) is 0.310. The molecule has 98 valence electrons. The van der Waals surface area contributed by atoms with Gasteiger partial charge in [-0.2, -0.15) is 0 Å². The van der Waals surface area contributed by atoms with Crippen LogP contribution in [0.1, 0.15) is 5.56 Å². The standard InChI is InChI=1S/C13H12N2O3S/c14-13(15)9-2-1-3-11(8-9)18-10-4-6-12(7-5-10)19(16)17/h1-8H,(H3,14,15)(H,16,17). The molecule has 0 aromatic heterocycles. The van der Waals surface area contributed by atoms with Gasteiger partial charge in [0, 0.05) is 5.56 Å². The smallest absolute Gasteiger partial charge is 0.186 e. The van der Waals surface area contributed by atoms with Crippen LogP contribution in [0.2, 0.25) is 0 Å². The van der Waals surface area contributed by atoms with Gasteiger partial charge in [0.1, 0.15) is 17.3 Å². The Labute approximate surface area is 112 Å². The minimum Gasteiger partial charge on any atom is -0.457 e. The maximum absolute atomic E-state index is 10.8. The van der Waals surface area contributed by atoms with Crippen LogP contribution in [0.3, 0.4) is 0 Å². The Hall–Kier alpha value is -2.18. The lowest BCUT2D eigenvalue weighted by Crippen LogP contribution is -2.10. The highest BCUT2D eigenvalue weighted by molar-refractivity contribution is 7.79. The van der Waals surface area contributed by atoms with Crippen molar-refractivity contribution in [1.82, 2.24) is 0 Å². The van der Waals surface area contributed by atoms with Crippen molar-refractivity contribution in [3.63, 3.8) is 0 Å². The molecule has 0 saturated carbocycles. The van der Waals surface area contributed by atoms with Crippen molar-refractivity contribution in [3.8, 4) is 11.5 Å². The second kappa shape index (κ2) is 5.64. The number of benzene rings is 2. The number of nitrogen functional groups attached to an aromatic ring is 1. The first-order valence-electron chi connectivity index (χ1n) is 5.39. The summed E-state index contributed by atoms with van der Waals surface area (Å²) >= 11 is -1.99. The largest absolute Gasteiger partial charge is 0.457 e. The number of rotatable bonds is 4. The van der Waals surface area contributed by atoms with Crippen LogP contribution in [0.25, 0.3) is 0 Å². The summed E-state index contributed by atoms with van der Waals surface area (Å²) in [5.41, 5.74) is 5.97. The van der Waals surface area contributed by atoms with Crippen LogP contribution >= 0.6 is 0 Å². The second-order valence-electron chi connectivity index (χ2n) is 3.76. The van der Waals surface area contributed by atoms with Gasteiger partial charge in [-0.15, -0.1) is 0 Å². The Morgan fingerprint density at radius 2 is 1.84 bits per heavy atom. The fraction of sp³-hybridized carbons (Fsp3) is 0. The van der Waals surface area contributed by atoms with Gasteiger partial charge in [-0.05, 0) is 36.4 Å². The third kappa shape index (κ3) is 3.40. The van der Waals surface area contributed by atoms with E-state index >= 15 is 0 Å². The molecule has 0 aliphatic carbocycles.